The number of hydrogen-bond donors (Lipinski definition) is 0. The van der Waals surface area contributed by atoms with Gasteiger partial charge in [0.05, 0.1) is 24.0 Å². The van der Waals surface area contributed by atoms with Gasteiger partial charge in [0.15, 0.2) is 0 Å². The molecule has 0 amide bonds. The lowest BCUT2D eigenvalue weighted by Crippen LogP contribution is -2.31. The summed E-state index contributed by atoms with van der Waals surface area (Å²) in [4.78, 5) is 0. The molecule has 0 aliphatic heterocycles. The van der Waals surface area contributed by atoms with E-state index in [1.165, 1.54) is 11.4 Å². The molecule has 5 nitrogen and oxygen atoms in total. The predicted molar refractivity (Wildman–Crippen MR) is 72.9 cm³/mol. The maximum Gasteiger partial charge on any atom is 0.218 e. The third-order valence-electron chi connectivity index (χ3n) is 2.66. The first-order valence-electron chi connectivity index (χ1n) is 6.00. The Morgan fingerprint density at radius 1 is 1.32 bits per heavy atom. The van der Waals surface area contributed by atoms with E-state index in [2.05, 4.69) is 0 Å². The molecule has 0 fully saturated rings. The lowest BCUT2D eigenvalue weighted by atomic mass is 10.2. The van der Waals surface area contributed by atoms with Crippen LogP contribution in [-0.2, 0) is 20.5 Å². The summed E-state index contributed by atoms with van der Waals surface area (Å²) in [6.45, 7) is 3.17. The molecule has 6 heteroatoms. The summed E-state index contributed by atoms with van der Waals surface area (Å²) in [5.41, 5.74) is 1.19. The molecule has 0 atom stereocenters. The zero-order valence-corrected chi connectivity index (χ0v) is 12.0. The summed E-state index contributed by atoms with van der Waals surface area (Å²) in [5, 5.41) is 8.68. The van der Waals surface area contributed by atoms with Crippen LogP contribution in [0.1, 0.15) is 18.1 Å². The normalized spacial score (nSPS) is 11.5. The van der Waals surface area contributed by atoms with E-state index < -0.39 is 10.0 Å². The van der Waals surface area contributed by atoms with Crippen molar-refractivity contribution in [1.29, 1.82) is 5.26 Å². The van der Waals surface area contributed by atoms with Crippen LogP contribution < -0.4 is 0 Å². The fourth-order valence-corrected chi connectivity index (χ4v) is 2.66. The number of nitrogens with zero attached hydrogens (tertiary/aromatic N) is 2. The quantitative estimate of drug-likeness (QED) is 0.708. The Hall–Kier alpha value is -1.42. The second-order valence-corrected chi connectivity index (χ2v) is 6.16. The molecule has 0 bridgehead atoms. The van der Waals surface area contributed by atoms with E-state index in [0.29, 0.717) is 30.9 Å². The van der Waals surface area contributed by atoms with E-state index in [9.17, 15) is 8.42 Å². The molecule has 0 N–H and O–H groups in total. The molecule has 1 aromatic rings. The zero-order chi connectivity index (χ0) is 14.3. The van der Waals surface area contributed by atoms with Gasteiger partial charge in [-0.3, -0.25) is 0 Å². The molecule has 1 aromatic carbocycles. The van der Waals surface area contributed by atoms with E-state index in [-0.39, 0.29) is 5.75 Å². The van der Waals surface area contributed by atoms with E-state index in [0.717, 1.165) is 0 Å². The third kappa shape index (κ3) is 4.99. The molecule has 1 rings (SSSR count). The van der Waals surface area contributed by atoms with Crippen LogP contribution in [0, 0.1) is 11.3 Å². The van der Waals surface area contributed by atoms with Crippen molar-refractivity contribution >= 4 is 10.0 Å². The van der Waals surface area contributed by atoms with Crippen LogP contribution in [0.5, 0.6) is 0 Å². The van der Waals surface area contributed by atoms with Gasteiger partial charge in [0.2, 0.25) is 10.0 Å². The molecule has 0 heterocycles. The fourth-order valence-electron chi connectivity index (χ4n) is 1.47. The van der Waals surface area contributed by atoms with Crippen LogP contribution in [0.3, 0.4) is 0 Å². The van der Waals surface area contributed by atoms with Gasteiger partial charge in [0, 0.05) is 20.2 Å². The van der Waals surface area contributed by atoms with Crippen molar-refractivity contribution in [3.63, 3.8) is 0 Å². The molecule has 0 unspecified atom stereocenters. The number of nitriles is 1. The minimum atomic E-state index is -3.34. The molecule has 0 saturated heterocycles. The Balaban J connectivity index is 2.65. The fraction of sp³-hybridized carbons (Fsp3) is 0.462. The first-order valence-corrected chi connectivity index (χ1v) is 7.61. The zero-order valence-electron chi connectivity index (χ0n) is 11.2. The van der Waals surface area contributed by atoms with Gasteiger partial charge >= 0.3 is 0 Å². The molecule has 0 aliphatic rings. The summed E-state index contributed by atoms with van der Waals surface area (Å²) in [6.07, 6.45) is 0. The smallest absolute Gasteiger partial charge is 0.218 e. The van der Waals surface area contributed by atoms with Gasteiger partial charge in [0.25, 0.3) is 0 Å². The highest BCUT2D eigenvalue weighted by Crippen LogP contribution is 2.10. The van der Waals surface area contributed by atoms with Gasteiger partial charge in [-0.05, 0) is 24.6 Å². The van der Waals surface area contributed by atoms with Crippen LogP contribution in [0.4, 0.5) is 0 Å². The van der Waals surface area contributed by atoms with Crippen LogP contribution in [0.15, 0.2) is 24.3 Å². The topological polar surface area (TPSA) is 70.4 Å². The number of hydrogen-bond acceptors (Lipinski definition) is 4. The van der Waals surface area contributed by atoms with Crippen molar-refractivity contribution in [2.24, 2.45) is 0 Å². The van der Waals surface area contributed by atoms with Gasteiger partial charge in [-0.1, -0.05) is 12.1 Å². The first-order chi connectivity index (χ1) is 8.99. The predicted octanol–water partition coefficient (Wildman–Crippen LogP) is 1.36. The van der Waals surface area contributed by atoms with E-state index in [4.69, 9.17) is 10.00 Å². The second-order valence-electron chi connectivity index (χ2n) is 4.08. The third-order valence-corrected chi connectivity index (χ3v) is 4.49. The summed E-state index contributed by atoms with van der Waals surface area (Å²) in [6, 6.07) is 8.55. The number of sulfonamides is 1. The van der Waals surface area contributed by atoms with Gasteiger partial charge in [-0.2, -0.15) is 5.26 Å². The number of rotatable bonds is 7. The van der Waals surface area contributed by atoms with E-state index >= 15 is 0 Å². The summed E-state index contributed by atoms with van der Waals surface area (Å²) < 4.78 is 30.5. The highest BCUT2D eigenvalue weighted by molar-refractivity contribution is 7.88. The molecule has 0 aromatic heterocycles. The maximum absolute atomic E-state index is 12.1. The van der Waals surface area contributed by atoms with E-state index in [1.54, 1.807) is 24.3 Å². The Morgan fingerprint density at radius 2 is 1.95 bits per heavy atom. The summed E-state index contributed by atoms with van der Waals surface area (Å²) in [5.74, 6) is -0.0681. The largest absolute Gasteiger partial charge is 0.380 e. The monoisotopic (exact) mass is 282 g/mol. The number of ether oxygens (including phenoxy) is 1. The number of likely N-dealkylation sites (N-methyl/N-ethyl adjacent to an activating group) is 1. The van der Waals surface area contributed by atoms with Crippen molar-refractivity contribution in [2.45, 2.75) is 12.7 Å². The molecule has 0 saturated carbocycles. The molecule has 0 radical (unpaired) electrons. The maximum atomic E-state index is 12.1. The SMILES string of the molecule is CCOCCN(C)S(=O)(=O)Cc1ccc(C#N)cc1. The van der Waals surface area contributed by atoms with Crippen molar-refractivity contribution in [1.82, 2.24) is 4.31 Å². The molecule has 0 aliphatic carbocycles. The van der Waals surface area contributed by atoms with Gasteiger partial charge < -0.3 is 4.74 Å². The Morgan fingerprint density at radius 3 is 2.47 bits per heavy atom. The Kier molecular flexibility index (Phi) is 5.96. The minimum absolute atomic E-state index is 0.0681. The van der Waals surface area contributed by atoms with Gasteiger partial charge in [-0.15, -0.1) is 0 Å². The molecular weight excluding hydrogens is 264 g/mol. The van der Waals surface area contributed by atoms with Crippen LogP contribution in [-0.4, -0.2) is 39.5 Å². The van der Waals surface area contributed by atoms with Crippen LogP contribution in [0.25, 0.3) is 0 Å². The molecule has 104 valence electrons. The van der Waals surface area contributed by atoms with Crippen molar-refractivity contribution in [2.75, 3.05) is 26.8 Å². The van der Waals surface area contributed by atoms with E-state index in [1.807, 2.05) is 13.0 Å². The number of benzene rings is 1. The van der Waals surface area contributed by atoms with Crippen molar-refractivity contribution in [3.05, 3.63) is 35.4 Å². The van der Waals surface area contributed by atoms with Gasteiger partial charge in [0.1, 0.15) is 0 Å². The standard InChI is InChI=1S/C13H18N2O3S/c1-3-18-9-8-15(2)19(16,17)11-13-6-4-12(10-14)5-7-13/h4-7H,3,8-9,11H2,1-2H3. The van der Waals surface area contributed by atoms with Crippen molar-refractivity contribution in [3.8, 4) is 6.07 Å². The van der Waals surface area contributed by atoms with Gasteiger partial charge in [-0.25, -0.2) is 12.7 Å². The van der Waals surface area contributed by atoms with Crippen LogP contribution in [0.2, 0.25) is 0 Å². The van der Waals surface area contributed by atoms with Crippen molar-refractivity contribution < 1.29 is 13.2 Å². The summed E-state index contributed by atoms with van der Waals surface area (Å²) >= 11 is 0. The summed E-state index contributed by atoms with van der Waals surface area (Å²) in [7, 11) is -1.80. The minimum Gasteiger partial charge on any atom is -0.380 e. The second kappa shape index (κ2) is 7.24. The molecule has 19 heavy (non-hydrogen) atoms. The highest BCUT2D eigenvalue weighted by Gasteiger charge is 2.18. The first kappa shape index (κ1) is 15.6. The lowest BCUT2D eigenvalue weighted by molar-refractivity contribution is 0.138. The average Bonchev–Trinajstić information content (AvgIpc) is 2.39. The van der Waals surface area contributed by atoms with Crippen LogP contribution >= 0.6 is 0 Å². The Labute approximate surface area is 114 Å². The highest BCUT2D eigenvalue weighted by atomic mass is 32.2. The molecular formula is C13H18N2O3S. The Bertz CT molecular complexity index is 532. The average molecular weight is 282 g/mol. The molecule has 0 spiro atoms. The lowest BCUT2D eigenvalue weighted by Gasteiger charge is -2.17.